The summed E-state index contributed by atoms with van der Waals surface area (Å²) < 4.78 is 1.59. The van der Waals surface area contributed by atoms with Gasteiger partial charge < -0.3 is 10.0 Å². The highest BCUT2D eigenvalue weighted by molar-refractivity contribution is 5.76. The van der Waals surface area contributed by atoms with Crippen molar-refractivity contribution in [2.75, 3.05) is 13.1 Å². The highest BCUT2D eigenvalue weighted by atomic mass is 16.4. The van der Waals surface area contributed by atoms with Crippen molar-refractivity contribution in [1.82, 2.24) is 30.1 Å². The largest absolute Gasteiger partial charge is 0.481 e. The van der Waals surface area contributed by atoms with E-state index in [4.69, 9.17) is 5.11 Å². The minimum Gasteiger partial charge on any atom is -0.481 e. The first kappa shape index (κ1) is 15.2. The molecule has 2 aromatic rings. The van der Waals surface area contributed by atoms with Crippen LogP contribution in [0.15, 0.2) is 18.6 Å². The molecule has 1 aliphatic heterocycles. The molecule has 0 aromatic carbocycles. The second kappa shape index (κ2) is 6.19. The lowest BCUT2D eigenvalue weighted by atomic mass is 9.91. The molecule has 0 aliphatic carbocycles. The van der Waals surface area contributed by atoms with Gasteiger partial charge in [0.25, 0.3) is 0 Å². The number of carboxylic acid groups (broad SMARTS) is 1. The van der Waals surface area contributed by atoms with E-state index < -0.39 is 5.97 Å². The Morgan fingerprint density at radius 2 is 2.22 bits per heavy atom. The fourth-order valence-corrected chi connectivity index (χ4v) is 3.02. The summed E-state index contributed by atoms with van der Waals surface area (Å²) in [7, 11) is 0. The minimum absolute atomic E-state index is 0.00217. The Morgan fingerprint density at radius 1 is 1.39 bits per heavy atom. The second-order valence-electron chi connectivity index (χ2n) is 5.87. The zero-order valence-electron chi connectivity index (χ0n) is 12.7. The molecular weight excluding hydrogens is 300 g/mol. The molecule has 0 saturated carbocycles. The number of H-pyrrole nitrogens is 1. The molecule has 1 fully saturated rings. The van der Waals surface area contributed by atoms with Crippen molar-refractivity contribution < 1.29 is 14.7 Å². The Bertz CT molecular complexity index is 695. The Morgan fingerprint density at radius 3 is 2.83 bits per heavy atom. The number of aryl methyl sites for hydroxylation is 1. The Kier molecular flexibility index (Phi) is 4.09. The summed E-state index contributed by atoms with van der Waals surface area (Å²) >= 11 is 0. The maximum absolute atomic E-state index is 12.4. The van der Waals surface area contributed by atoms with E-state index >= 15 is 0 Å². The summed E-state index contributed by atoms with van der Waals surface area (Å²) in [5.41, 5.74) is 1.69. The molecule has 0 radical (unpaired) electrons. The van der Waals surface area contributed by atoms with Crippen LogP contribution in [0.4, 0.5) is 0 Å². The van der Waals surface area contributed by atoms with E-state index in [0.717, 1.165) is 5.56 Å². The molecule has 9 nitrogen and oxygen atoms in total. The summed E-state index contributed by atoms with van der Waals surface area (Å²) in [6.45, 7) is 2.92. The van der Waals surface area contributed by atoms with Gasteiger partial charge in [-0.3, -0.25) is 14.3 Å². The van der Waals surface area contributed by atoms with Crippen LogP contribution in [0.5, 0.6) is 0 Å². The zero-order chi connectivity index (χ0) is 16.4. The molecule has 2 atom stereocenters. The van der Waals surface area contributed by atoms with Gasteiger partial charge in [-0.05, 0) is 18.4 Å². The van der Waals surface area contributed by atoms with Crippen molar-refractivity contribution in [3.63, 3.8) is 0 Å². The molecule has 1 aliphatic rings. The number of carbonyl (C=O) groups is 2. The molecule has 23 heavy (non-hydrogen) atoms. The van der Waals surface area contributed by atoms with Crippen LogP contribution in [0.1, 0.15) is 23.6 Å². The summed E-state index contributed by atoms with van der Waals surface area (Å²) in [6, 6.07) is 0. The average Bonchev–Trinajstić information content (AvgIpc) is 3.18. The van der Waals surface area contributed by atoms with Crippen molar-refractivity contribution in [3.8, 4) is 0 Å². The molecule has 2 aromatic heterocycles. The first-order chi connectivity index (χ1) is 11.0. The molecule has 2 N–H and O–H groups in total. The minimum atomic E-state index is -0.875. The highest BCUT2D eigenvalue weighted by Crippen LogP contribution is 2.33. The lowest BCUT2D eigenvalue weighted by Crippen LogP contribution is -2.32. The number of nitrogens with one attached hydrogen (secondary N) is 1. The first-order valence-corrected chi connectivity index (χ1v) is 7.37. The zero-order valence-corrected chi connectivity index (χ0v) is 12.7. The number of hydrogen-bond donors (Lipinski definition) is 2. The molecule has 1 saturated heterocycles. The third-order valence-electron chi connectivity index (χ3n) is 4.10. The van der Waals surface area contributed by atoms with Crippen molar-refractivity contribution >= 4 is 11.9 Å². The van der Waals surface area contributed by atoms with Gasteiger partial charge in [-0.25, -0.2) is 0 Å². The average molecular weight is 318 g/mol. The van der Waals surface area contributed by atoms with Crippen molar-refractivity contribution in [3.05, 3.63) is 29.8 Å². The van der Waals surface area contributed by atoms with Gasteiger partial charge in [-0.1, -0.05) is 0 Å². The van der Waals surface area contributed by atoms with Crippen LogP contribution in [-0.2, 0) is 16.1 Å². The van der Waals surface area contributed by atoms with E-state index in [1.807, 2.05) is 6.92 Å². The van der Waals surface area contributed by atoms with Crippen LogP contribution in [0.3, 0.4) is 0 Å². The molecule has 1 amide bonds. The number of aromatic nitrogens is 5. The number of aromatic amines is 1. The van der Waals surface area contributed by atoms with Crippen LogP contribution in [-0.4, -0.2) is 60.2 Å². The van der Waals surface area contributed by atoms with Gasteiger partial charge in [-0.15, -0.1) is 0 Å². The van der Waals surface area contributed by atoms with Gasteiger partial charge in [0.15, 0.2) is 0 Å². The first-order valence-electron chi connectivity index (χ1n) is 7.37. The van der Waals surface area contributed by atoms with Gasteiger partial charge in [0.2, 0.25) is 5.91 Å². The normalized spacial score (nSPS) is 20.8. The summed E-state index contributed by atoms with van der Waals surface area (Å²) in [5.74, 6) is -1.23. The van der Waals surface area contributed by atoms with E-state index in [2.05, 4.69) is 20.5 Å². The SMILES string of the molecule is Cc1cnn(CC(=O)N2C[C@H](CC(=O)O)[C@H](c3cn[nH]n3)C2)c1. The third kappa shape index (κ3) is 3.38. The predicted molar refractivity (Wildman–Crippen MR) is 78.4 cm³/mol. The van der Waals surface area contributed by atoms with Crippen molar-refractivity contribution in [1.29, 1.82) is 0 Å². The highest BCUT2D eigenvalue weighted by Gasteiger charge is 2.38. The molecule has 122 valence electrons. The molecule has 3 heterocycles. The topological polar surface area (TPSA) is 117 Å². The number of nitrogens with zero attached hydrogens (tertiary/aromatic N) is 5. The van der Waals surface area contributed by atoms with Crippen LogP contribution < -0.4 is 0 Å². The molecule has 9 heteroatoms. The molecule has 3 rings (SSSR count). The number of carboxylic acids is 1. The van der Waals surface area contributed by atoms with Crippen LogP contribution in [0.2, 0.25) is 0 Å². The number of likely N-dealkylation sites (tertiary alicyclic amines) is 1. The monoisotopic (exact) mass is 318 g/mol. The summed E-state index contributed by atoms with van der Waals surface area (Å²) in [5, 5.41) is 23.6. The van der Waals surface area contributed by atoms with Gasteiger partial charge in [-0.2, -0.15) is 20.5 Å². The van der Waals surface area contributed by atoms with E-state index in [1.54, 1.807) is 28.2 Å². The smallest absolute Gasteiger partial charge is 0.303 e. The van der Waals surface area contributed by atoms with Crippen molar-refractivity contribution in [2.24, 2.45) is 5.92 Å². The molecule has 0 unspecified atom stereocenters. The van der Waals surface area contributed by atoms with Gasteiger partial charge >= 0.3 is 5.97 Å². The number of amides is 1. The van der Waals surface area contributed by atoms with E-state index in [1.165, 1.54) is 0 Å². The molecule has 0 spiro atoms. The molecular formula is C14H18N6O3. The third-order valence-corrected chi connectivity index (χ3v) is 4.10. The Labute approximate surface area is 132 Å². The van der Waals surface area contributed by atoms with Crippen LogP contribution in [0.25, 0.3) is 0 Å². The standard InChI is InChI=1S/C14H18N6O3/c1-9-3-16-20(5-9)8-13(21)19-6-10(2-14(22)23)11(7-19)12-4-15-18-17-12/h3-5,10-11H,2,6-8H2,1H3,(H,22,23)(H,15,17,18)/t10-,11+/m0/s1. The number of rotatable bonds is 5. The predicted octanol–water partition coefficient (Wildman–Crippen LogP) is 0.0265. The lowest BCUT2D eigenvalue weighted by Gasteiger charge is -2.16. The Balaban J connectivity index is 1.71. The van der Waals surface area contributed by atoms with E-state index in [-0.39, 0.29) is 30.7 Å². The van der Waals surface area contributed by atoms with E-state index in [9.17, 15) is 9.59 Å². The fourth-order valence-electron chi connectivity index (χ4n) is 3.02. The van der Waals surface area contributed by atoms with Gasteiger partial charge in [0.05, 0.1) is 24.5 Å². The van der Waals surface area contributed by atoms with Gasteiger partial charge in [0, 0.05) is 25.2 Å². The summed E-state index contributed by atoms with van der Waals surface area (Å²) in [6.07, 6.45) is 5.09. The van der Waals surface area contributed by atoms with Crippen LogP contribution in [0, 0.1) is 12.8 Å². The molecule has 0 bridgehead atoms. The number of hydrogen-bond acceptors (Lipinski definition) is 5. The van der Waals surface area contributed by atoms with Gasteiger partial charge in [0.1, 0.15) is 6.54 Å². The summed E-state index contributed by atoms with van der Waals surface area (Å²) in [4.78, 5) is 25.2. The quantitative estimate of drug-likeness (QED) is 0.803. The Hall–Kier alpha value is -2.71. The van der Waals surface area contributed by atoms with Crippen molar-refractivity contribution in [2.45, 2.75) is 25.8 Å². The van der Waals surface area contributed by atoms with Crippen LogP contribution >= 0.6 is 0 Å². The fraction of sp³-hybridized carbons (Fsp3) is 0.500. The lowest BCUT2D eigenvalue weighted by molar-refractivity contribution is -0.138. The maximum Gasteiger partial charge on any atom is 0.303 e. The number of carbonyl (C=O) groups excluding carboxylic acids is 1. The van der Waals surface area contributed by atoms with E-state index in [0.29, 0.717) is 18.8 Å². The number of aliphatic carboxylic acids is 1. The maximum atomic E-state index is 12.4. The second-order valence-corrected chi connectivity index (χ2v) is 5.87.